The summed E-state index contributed by atoms with van der Waals surface area (Å²) in [7, 11) is 4.71. The molecule has 3 atom stereocenters. The van der Waals surface area contributed by atoms with E-state index in [2.05, 4.69) is 40.0 Å². The average Bonchev–Trinajstić information content (AvgIpc) is 3.33. The molecule has 0 spiro atoms. The van der Waals surface area contributed by atoms with Crippen molar-refractivity contribution in [2.24, 2.45) is 0 Å². The van der Waals surface area contributed by atoms with Gasteiger partial charge in [-0.1, -0.05) is 44.0 Å². The first-order valence-electron chi connectivity index (χ1n) is 17.2. The highest BCUT2D eigenvalue weighted by molar-refractivity contribution is 5.88. The number of anilines is 1. The van der Waals surface area contributed by atoms with Crippen LogP contribution in [0.5, 0.6) is 17.2 Å². The van der Waals surface area contributed by atoms with Crippen LogP contribution in [-0.4, -0.2) is 44.2 Å². The van der Waals surface area contributed by atoms with Gasteiger partial charge in [0.25, 0.3) is 0 Å². The number of aryl methyl sites for hydroxylation is 2. The summed E-state index contributed by atoms with van der Waals surface area (Å²) in [6.07, 6.45) is 6.24. The Kier molecular flexibility index (Phi) is 10.1. The van der Waals surface area contributed by atoms with Crippen LogP contribution in [0.1, 0.15) is 86.8 Å². The van der Waals surface area contributed by atoms with E-state index in [9.17, 15) is 14.4 Å². The van der Waals surface area contributed by atoms with Crippen molar-refractivity contribution in [3.63, 3.8) is 0 Å². The van der Waals surface area contributed by atoms with Crippen molar-refractivity contribution in [2.75, 3.05) is 26.6 Å². The minimum Gasteiger partial charge on any atom is -0.493 e. The number of carbonyl (C=O) groups excluding carboxylic acids is 2. The summed E-state index contributed by atoms with van der Waals surface area (Å²) in [5.74, 6) is 1.12. The Labute approximate surface area is 286 Å². The van der Waals surface area contributed by atoms with Gasteiger partial charge in [-0.3, -0.25) is 14.4 Å². The largest absolute Gasteiger partial charge is 0.493 e. The van der Waals surface area contributed by atoms with Gasteiger partial charge in [-0.25, -0.2) is 0 Å². The minimum atomic E-state index is -0.623. The molecule has 3 aromatic carbocycles. The van der Waals surface area contributed by atoms with E-state index < -0.39 is 12.1 Å². The van der Waals surface area contributed by atoms with Gasteiger partial charge >= 0.3 is 0 Å². The molecule has 1 heterocycles. The maximum atomic E-state index is 14.0. The van der Waals surface area contributed by atoms with E-state index in [0.29, 0.717) is 47.8 Å². The Balaban J connectivity index is 1.38. The summed E-state index contributed by atoms with van der Waals surface area (Å²) < 4.78 is 17.3. The summed E-state index contributed by atoms with van der Waals surface area (Å²) in [4.78, 5) is 44.0. The lowest BCUT2D eigenvalue weighted by Gasteiger charge is -2.27. The summed E-state index contributed by atoms with van der Waals surface area (Å²) >= 11 is 0. The van der Waals surface area contributed by atoms with Crippen LogP contribution >= 0.6 is 0 Å². The zero-order chi connectivity index (χ0) is 34.7. The first-order valence-corrected chi connectivity index (χ1v) is 17.2. The first-order chi connectivity index (χ1) is 23.8. The van der Waals surface area contributed by atoms with Crippen molar-refractivity contribution in [3.8, 4) is 28.4 Å². The van der Waals surface area contributed by atoms with Gasteiger partial charge in [-0.05, 0) is 85.0 Å². The molecule has 10 heteroatoms. The van der Waals surface area contributed by atoms with Crippen LogP contribution < -0.4 is 35.6 Å². The number of rotatable bonds is 11. The maximum absolute atomic E-state index is 14.0. The van der Waals surface area contributed by atoms with Crippen molar-refractivity contribution >= 4 is 28.4 Å². The lowest BCUT2D eigenvalue weighted by molar-refractivity contribution is -0.123. The molecule has 2 unspecified atom stereocenters. The van der Waals surface area contributed by atoms with Crippen LogP contribution in [0.15, 0.2) is 53.3 Å². The highest BCUT2D eigenvalue weighted by atomic mass is 16.5. The van der Waals surface area contributed by atoms with Gasteiger partial charge in [-0.15, -0.1) is 0 Å². The first kappa shape index (κ1) is 33.9. The van der Waals surface area contributed by atoms with Gasteiger partial charge < -0.3 is 35.1 Å². The van der Waals surface area contributed by atoms with Gasteiger partial charge in [0, 0.05) is 29.1 Å². The van der Waals surface area contributed by atoms with Crippen molar-refractivity contribution < 1.29 is 23.8 Å². The fourth-order valence-corrected chi connectivity index (χ4v) is 7.52. The zero-order valence-electron chi connectivity index (χ0n) is 29.0. The summed E-state index contributed by atoms with van der Waals surface area (Å²) in [6, 6.07) is 14.2. The molecule has 1 aromatic heterocycles. The molecule has 6 rings (SSSR count). The molecule has 0 aliphatic heterocycles. The Hall–Kier alpha value is -4.99. The smallest absolute Gasteiger partial charge is 0.243 e. The van der Waals surface area contributed by atoms with Crippen LogP contribution in [0.4, 0.5) is 5.69 Å². The molecule has 258 valence electrons. The lowest BCUT2D eigenvalue weighted by atomic mass is 9.91. The number of hydrogen-bond acceptors (Lipinski definition) is 7. The molecule has 0 radical (unpaired) electrons. The van der Waals surface area contributed by atoms with E-state index in [4.69, 9.17) is 14.2 Å². The second-order valence-electron chi connectivity index (χ2n) is 13.0. The number of fused-ring (bicyclic) bond motifs is 6. The number of aromatic amines is 1. The number of hydrogen-bond donors (Lipinski definition) is 4. The molecule has 0 bridgehead atoms. The molecule has 0 saturated heterocycles. The van der Waals surface area contributed by atoms with Gasteiger partial charge in [0.15, 0.2) is 11.5 Å². The summed E-state index contributed by atoms with van der Waals surface area (Å²) in [5, 5.41) is 10.9. The van der Waals surface area contributed by atoms with Crippen LogP contribution in [0.25, 0.3) is 22.0 Å². The quantitative estimate of drug-likeness (QED) is 0.144. The van der Waals surface area contributed by atoms with Crippen molar-refractivity contribution in [2.45, 2.75) is 83.3 Å². The Morgan fingerprint density at radius 2 is 1.73 bits per heavy atom. The number of ether oxygens (including phenoxy) is 3. The van der Waals surface area contributed by atoms with E-state index in [-0.39, 0.29) is 23.3 Å². The molecule has 2 amide bonds. The number of benzene rings is 2. The molecule has 49 heavy (non-hydrogen) atoms. The molecule has 10 nitrogen and oxygen atoms in total. The summed E-state index contributed by atoms with van der Waals surface area (Å²) in [6.45, 7) is 3.56. The Bertz CT molecular complexity index is 1940. The number of H-pyrrole nitrogens is 1. The molecular formula is C39H46N4O6. The summed E-state index contributed by atoms with van der Waals surface area (Å²) in [5.41, 5.74) is 6.57. The number of carbonyl (C=O) groups is 2. The second kappa shape index (κ2) is 14.6. The molecule has 4 N–H and O–H groups in total. The predicted octanol–water partition coefficient (Wildman–Crippen LogP) is 6.51. The number of amides is 2. The van der Waals surface area contributed by atoms with Gasteiger partial charge in [0.05, 0.1) is 39.1 Å². The third-order valence-electron chi connectivity index (χ3n) is 9.84. The molecule has 4 aromatic rings. The SMILES string of the molecule is CCCCC(Nc1ccc2c(cc1=O)[C@@H](NC(C)=O)CCc1cc(OC)c(OC)c(OC)c1-2)C(=O)NC1CCCc2c1[nH]c1ccccc21. The third kappa shape index (κ3) is 6.69. The standard InChI is InChI=1S/C39H46N4O6/c1-6-7-13-32(39(46)43-31-15-10-12-26-24-11-8-9-14-28(24)42-36(26)31)41-30-19-17-25-27(21-33(30)45)29(40-22(2)44)18-16-23-20-34(47-3)37(48-4)38(49-5)35(23)25/h8-9,11,14,17,19-21,29,31-32,42H,6-7,10,12-13,15-16,18H2,1-5H3,(H,40,44)(H,41,45)(H,43,46)/t29-,31?,32?/m0/s1. The maximum Gasteiger partial charge on any atom is 0.243 e. The fourth-order valence-electron chi connectivity index (χ4n) is 7.52. The van der Waals surface area contributed by atoms with Crippen molar-refractivity contribution in [1.29, 1.82) is 0 Å². The highest BCUT2D eigenvalue weighted by Gasteiger charge is 2.31. The van der Waals surface area contributed by atoms with E-state index in [1.54, 1.807) is 33.5 Å². The fraction of sp³-hybridized carbons (Fsp3) is 0.410. The number of methoxy groups -OCH3 is 3. The van der Waals surface area contributed by atoms with Crippen LogP contribution in [0, 0.1) is 0 Å². The van der Waals surface area contributed by atoms with Gasteiger partial charge in [0.2, 0.25) is 23.0 Å². The van der Waals surface area contributed by atoms with E-state index in [1.165, 1.54) is 17.9 Å². The van der Waals surface area contributed by atoms with E-state index in [0.717, 1.165) is 60.0 Å². The topological polar surface area (TPSA) is 131 Å². The monoisotopic (exact) mass is 666 g/mol. The highest BCUT2D eigenvalue weighted by Crippen LogP contribution is 2.50. The lowest BCUT2D eigenvalue weighted by Crippen LogP contribution is -2.43. The molecule has 0 saturated carbocycles. The number of nitrogens with one attached hydrogen (secondary N) is 4. The Morgan fingerprint density at radius 1 is 0.939 bits per heavy atom. The minimum absolute atomic E-state index is 0.140. The van der Waals surface area contributed by atoms with E-state index in [1.807, 2.05) is 24.3 Å². The number of aromatic nitrogens is 1. The molecule has 2 aliphatic carbocycles. The number of unbranched alkanes of at least 4 members (excludes halogenated alkanes) is 1. The second-order valence-corrected chi connectivity index (χ2v) is 13.0. The van der Waals surface area contributed by atoms with Crippen LogP contribution in [0.3, 0.4) is 0 Å². The van der Waals surface area contributed by atoms with Gasteiger partial charge in [0.1, 0.15) is 6.04 Å². The average molecular weight is 667 g/mol. The Morgan fingerprint density at radius 3 is 2.47 bits per heavy atom. The third-order valence-corrected chi connectivity index (χ3v) is 9.84. The van der Waals surface area contributed by atoms with Crippen molar-refractivity contribution in [1.82, 2.24) is 15.6 Å². The van der Waals surface area contributed by atoms with Crippen molar-refractivity contribution in [3.05, 3.63) is 81.1 Å². The normalized spacial score (nSPS) is 17.1. The molecule has 2 aliphatic rings. The number of para-hydroxylation sites is 1. The van der Waals surface area contributed by atoms with E-state index >= 15 is 0 Å². The molecular weight excluding hydrogens is 620 g/mol. The van der Waals surface area contributed by atoms with Gasteiger partial charge in [-0.2, -0.15) is 0 Å². The zero-order valence-corrected chi connectivity index (χ0v) is 29.0. The van der Waals surface area contributed by atoms with Crippen LogP contribution in [0.2, 0.25) is 0 Å². The predicted molar refractivity (Wildman–Crippen MR) is 192 cm³/mol. The molecule has 0 fully saturated rings. The van der Waals surface area contributed by atoms with Crippen LogP contribution in [-0.2, 0) is 22.4 Å².